The molecule has 6 nitrogen and oxygen atoms in total. The van der Waals surface area contributed by atoms with Gasteiger partial charge < -0.3 is 0 Å². The topological polar surface area (TPSA) is 80.5 Å². The van der Waals surface area contributed by atoms with Crippen molar-refractivity contribution in [3.8, 4) is 0 Å². The number of carbonyl (C=O) groups excluding carboxylic acids is 2. The second-order valence-electron chi connectivity index (χ2n) is 5.53. The van der Waals surface area contributed by atoms with Gasteiger partial charge in [0, 0.05) is 24.2 Å². The molecular formula is C17H12F4N2O4. The van der Waals surface area contributed by atoms with Crippen LogP contribution in [0.1, 0.15) is 21.5 Å². The number of nitro benzene ring substituents is 1. The SMILES string of the molecule is Cc1c(F)c(F)c(F)c(F)c1C(=O)N(C=O)CCc1ccc([N+](=O)[O-])cc1. The summed E-state index contributed by atoms with van der Waals surface area (Å²) in [5, 5.41) is 10.6. The third-order valence-electron chi connectivity index (χ3n) is 3.89. The zero-order valence-electron chi connectivity index (χ0n) is 13.8. The van der Waals surface area contributed by atoms with Gasteiger partial charge >= 0.3 is 0 Å². The van der Waals surface area contributed by atoms with E-state index >= 15 is 0 Å². The molecule has 0 aliphatic heterocycles. The van der Waals surface area contributed by atoms with Gasteiger partial charge in [0.2, 0.25) is 6.41 Å². The number of non-ortho nitro benzene ring substituents is 1. The van der Waals surface area contributed by atoms with Crippen LogP contribution in [0.2, 0.25) is 0 Å². The molecule has 2 aromatic rings. The van der Waals surface area contributed by atoms with E-state index in [1.807, 2.05) is 0 Å². The number of nitro groups is 1. The summed E-state index contributed by atoms with van der Waals surface area (Å²) < 4.78 is 54.2. The van der Waals surface area contributed by atoms with Crippen molar-refractivity contribution >= 4 is 18.0 Å². The summed E-state index contributed by atoms with van der Waals surface area (Å²) in [5.74, 6) is -9.15. The Bertz CT molecular complexity index is 887. The van der Waals surface area contributed by atoms with Gasteiger partial charge in [0.15, 0.2) is 23.3 Å². The number of imide groups is 1. The lowest BCUT2D eigenvalue weighted by molar-refractivity contribution is -0.384. The van der Waals surface area contributed by atoms with Gasteiger partial charge in [0.05, 0.1) is 10.5 Å². The van der Waals surface area contributed by atoms with Crippen LogP contribution in [0.4, 0.5) is 23.2 Å². The van der Waals surface area contributed by atoms with Gasteiger partial charge in [0.25, 0.3) is 11.6 Å². The monoisotopic (exact) mass is 384 g/mol. The molecule has 0 aliphatic carbocycles. The van der Waals surface area contributed by atoms with Crippen LogP contribution in [-0.2, 0) is 11.2 Å². The Morgan fingerprint density at radius 3 is 2.15 bits per heavy atom. The first-order valence-electron chi connectivity index (χ1n) is 7.51. The minimum atomic E-state index is -2.15. The van der Waals surface area contributed by atoms with Crippen LogP contribution in [0.25, 0.3) is 0 Å². The summed E-state index contributed by atoms with van der Waals surface area (Å²) in [5.41, 5.74) is -1.48. The lowest BCUT2D eigenvalue weighted by atomic mass is 10.0. The molecule has 0 heterocycles. The molecule has 2 amide bonds. The Labute approximate surface area is 150 Å². The Morgan fingerprint density at radius 2 is 1.63 bits per heavy atom. The molecule has 0 spiro atoms. The van der Waals surface area contributed by atoms with Crippen LogP contribution in [0, 0.1) is 40.3 Å². The normalized spacial score (nSPS) is 10.6. The molecular weight excluding hydrogens is 372 g/mol. The predicted molar refractivity (Wildman–Crippen MR) is 84.9 cm³/mol. The van der Waals surface area contributed by atoms with E-state index in [0.717, 1.165) is 6.92 Å². The maximum atomic E-state index is 13.9. The fourth-order valence-corrected chi connectivity index (χ4v) is 2.38. The number of carbonyl (C=O) groups is 2. The van der Waals surface area contributed by atoms with E-state index in [-0.39, 0.29) is 25.1 Å². The summed E-state index contributed by atoms with van der Waals surface area (Å²) in [6, 6.07) is 5.23. The smallest absolute Gasteiger partial charge is 0.269 e. The molecule has 0 fully saturated rings. The van der Waals surface area contributed by atoms with E-state index in [0.29, 0.717) is 10.5 Å². The van der Waals surface area contributed by atoms with Crippen LogP contribution in [0.15, 0.2) is 24.3 Å². The summed E-state index contributed by atoms with van der Waals surface area (Å²) in [6.07, 6.45) is 0.0983. The minimum Gasteiger partial charge on any atom is -0.281 e. The lowest BCUT2D eigenvalue weighted by Crippen LogP contribution is -2.33. The highest BCUT2D eigenvalue weighted by Gasteiger charge is 2.29. The van der Waals surface area contributed by atoms with Crippen molar-refractivity contribution in [2.24, 2.45) is 0 Å². The van der Waals surface area contributed by atoms with Crippen LogP contribution in [-0.4, -0.2) is 28.7 Å². The number of nitrogens with zero attached hydrogens (tertiary/aromatic N) is 2. The first-order valence-corrected chi connectivity index (χ1v) is 7.51. The fraction of sp³-hybridized carbons (Fsp3) is 0.176. The maximum absolute atomic E-state index is 13.9. The summed E-state index contributed by atoms with van der Waals surface area (Å²) in [6.45, 7) is 0.590. The van der Waals surface area contributed by atoms with Crippen LogP contribution in [0.3, 0.4) is 0 Å². The second-order valence-corrected chi connectivity index (χ2v) is 5.53. The van der Waals surface area contributed by atoms with Crippen molar-refractivity contribution < 1.29 is 32.1 Å². The van der Waals surface area contributed by atoms with E-state index in [1.54, 1.807) is 0 Å². The van der Waals surface area contributed by atoms with Gasteiger partial charge in [-0.25, -0.2) is 17.6 Å². The van der Waals surface area contributed by atoms with Crippen molar-refractivity contribution in [2.45, 2.75) is 13.3 Å². The standard InChI is InChI=1S/C17H12F4N2O4/c1-9-12(14(19)16(21)15(20)13(9)18)17(25)22(8-24)7-6-10-2-4-11(5-3-10)23(26)27/h2-5,8H,6-7H2,1H3. The summed E-state index contributed by atoms with van der Waals surface area (Å²) in [7, 11) is 0. The van der Waals surface area contributed by atoms with Crippen molar-refractivity contribution in [2.75, 3.05) is 6.54 Å². The molecule has 142 valence electrons. The molecule has 0 unspecified atom stereocenters. The van der Waals surface area contributed by atoms with Crippen molar-refractivity contribution in [3.63, 3.8) is 0 Å². The molecule has 0 aliphatic rings. The third kappa shape index (κ3) is 3.94. The van der Waals surface area contributed by atoms with Gasteiger partial charge in [-0.05, 0) is 18.9 Å². The van der Waals surface area contributed by atoms with Crippen LogP contribution >= 0.6 is 0 Å². The Kier molecular flexibility index (Phi) is 5.88. The summed E-state index contributed by atoms with van der Waals surface area (Å²) in [4.78, 5) is 34.0. The van der Waals surface area contributed by atoms with Gasteiger partial charge in [-0.2, -0.15) is 0 Å². The zero-order valence-corrected chi connectivity index (χ0v) is 13.8. The Hall–Kier alpha value is -3.30. The Morgan fingerprint density at radius 1 is 1.07 bits per heavy atom. The van der Waals surface area contributed by atoms with Crippen molar-refractivity contribution in [1.82, 2.24) is 4.90 Å². The molecule has 2 rings (SSSR count). The van der Waals surface area contributed by atoms with Crippen molar-refractivity contribution in [1.29, 1.82) is 0 Å². The molecule has 27 heavy (non-hydrogen) atoms. The number of halogens is 4. The number of amides is 2. The van der Waals surface area contributed by atoms with Crippen LogP contribution < -0.4 is 0 Å². The van der Waals surface area contributed by atoms with Gasteiger partial charge in [-0.3, -0.25) is 24.6 Å². The highest BCUT2D eigenvalue weighted by Crippen LogP contribution is 2.24. The molecule has 0 saturated carbocycles. The van der Waals surface area contributed by atoms with Gasteiger partial charge in [-0.1, -0.05) is 12.1 Å². The average molecular weight is 384 g/mol. The molecule has 0 radical (unpaired) electrons. The van der Waals surface area contributed by atoms with Gasteiger partial charge in [0.1, 0.15) is 0 Å². The van der Waals surface area contributed by atoms with Crippen molar-refractivity contribution in [3.05, 3.63) is 74.3 Å². The molecule has 0 saturated heterocycles. The number of benzene rings is 2. The predicted octanol–water partition coefficient (Wildman–Crippen LogP) is 3.30. The zero-order chi connectivity index (χ0) is 20.3. The molecule has 0 bridgehead atoms. The first-order chi connectivity index (χ1) is 12.7. The Balaban J connectivity index is 2.24. The quantitative estimate of drug-likeness (QED) is 0.191. The summed E-state index contributed by atoms with van der Waals surface area (Å²) >= 11 is 0. The molecule has 0 aromatic heterocycles. The molecule has 0 atom stereocenters. The second kappa shape index (κ2) is 7.94. The maximum Gasteiger partial charge on any atom is 0.269 e. The largest absolute Gasteiger partial charge is 0.281 e. The van der Waals surface area contributed by atoms with E-state index in [2.05, 4.69) is 0 Å². The average Bonchev–Trinajstić information content (AvgIpc) is 2.65. The van der Waals surface area contributed by atoms with E-state index in [9.17, 15) is 37.3 Å². The third-order valence-corrected chi connectivity index (χ3v) is 3.89. The number of rotatable bonds is 6. The highest BCUT2D eigenvalue weighted by atomic mass is 19.2. The van der Waals surface area contributed by atoms with E-state index in [1.165, 1.54) is 24.3 Å². The highest BCUT2D eigenvalue weighted by molar-refractivity contribution is 6.01. The molecule has 10 heteroatoms. The van der Waals surface area contributed by atoms with Crippen LogP contribution in [0.5, 0.6) is 0 Å². The fourth-order valence-electron chi connectivity index (χ4n) is 2.38. The lowest BCUT2D eigenvalue weighted by Gasteiger charge is -2.18. The minimum absolute atomic E-state index is 0.0474. The van der Waals surface area contributed by atoms with E-state index in [4.69, 9.17) is 0 Å². The first kappa shape index (κ1) is 20.0. The number of hydrogen-bond acceptors (Lipinski definition) is 4. The molecule has 2 aromatic carbocycles. The number of hydrogen-bond donors (Lipinski definition) is 0. The van der Waals surface area contributed by atoms with Gasteiger partial charge in [-0.15, -0.1) is 0 Å². The molecule has 0 N–H and O–H groups in total. The van der Waals surface area contributed by atoms with E-state index < -0.39 is 45.2 Å².